The molecule has 1 aliphatic heterocycles. The van der Waals surface area contributed by atoms with Crippen molar-refractivity contribution < 1.29 is 5.11 Å². The Labute approximate surface area is 162 Å². The van der Waals surface area contributed by atoms with Gasteiger partial charge in [-0.3, -0.25) is 9.89 Å². The first-order chi connectivity index (χ1) is 12.7. The second-order valence-corrected chi connectivity index (χ2v) is 7.99. The number of likely N-dealkylation sites (tertiary alicyclic amines) is 1. The molecule has 1 aromatic rings. The van der Waals surface area contributed by atoms with E-state index in [-0.39, 0.29) is 6.61 Å². The van der Waals surface area contributed by atoms with Gasteiger partial charge in [0, 0.05) is 45.4 Å². The first-order valence-corrected chi connectivity index (χ1v) is 11.1. The predicted octanol–water partition coefficient (Wildman–Crippen LogP) is 3.07. The molecule has 0 aliphatic carbocycles. The third-order valence-corrected chi connectivity index (χ3v) is 5.73. The lowest BCUT2D eigenvalue weighted by Gasteiger charge is -2.33. The first kappa shape index (κ1) is 21.2. The highest BCUT2D eigenvalue weighted by Crippen LogP contribution is 2.16. The molecule has 0 bridgehead atoms. The minimum absolute atomic E-state index is 0.257. The van der Waals surface area contributed by atoms with E-state index in [0.717, 1.165) is 70.8 Å². The van der Waals surface area contributed by atoms with E-state index < -0.39 is 0 Å². The van der Waals surface area contributed by atoms with Crippen LogP contribution >= 0.6 is 11.3 Å². The topological polar surface area (TPSA) is 59.9 Å². The van der Waals surface area contributed by atoms with E-state index in [1.165, 1.54) is 5.56 Å². The Kier molecular flexibility index (Phi) is 10.0. The van der Waals surface area contributed by atoms with Crippen LogP contribution < -0.4 is 10.6 Å². The van der Waals surface area contributed by atoms with Crippen LogP contribution in [0.3, 0.4) is 0 Å². The maximum atomic E-state index is 9.23. The summed E-state index contributed by atoms with van der Waals surface area (Å²) in [5.41, 5.74) is 1.43. The van der Waals surface area contributed by atoms with Gasteiger partial charge in [-0.25, -0.2) is 0 Å². The molecule has 1 fully saturated rings. The van der Waals surface area contributed by atoms with Crippen molar-refractivity contribution in [1.82, 2.24) is 15.5 Å². The summed E-state index contributed by atoms with van der Waals surface area (Å²) >= 11 is 1.78. The summed E-state index contributed by atoms with van der Waals surface area (Å²) in [6.45, 7) is 9.57. The van der Waals surface area contributed by atoms with Crippen molar-refractivity contribution in [1.29, 1.82) is 0 Å². The lowest BCUT2D eigenvalue weighted by Crippen LogP contribution is -2.48. The van der Waals surface area contributed by atoms with Crippen LogP contribution in [0.25, 0.3) is 0 Å². The summed E-state index contributed by atoms with van der Waals surface area (Å²) in [5, 5.41) is 20.6. The molecule has 1 atom stereocenters. The molecular weight excluding hydrogens is 344 g/mol. The van der Waals surface area contributed by atoms with Crippen molar-refractivity contribution in [2.75, 3.05) is 32.8 Å². The maximum absolute atomic E-state index is 9.23. The Balaban J connectivity index is 1.78. The highest BCUT2D eigenvalue weighted by atomic mass is 32.1. The molecule has 2 rings (SSSR count). The second kappa shape index (κ2) is 12.3. The van der Waals surface area contributed by atoms with Crippen molar-refractivity contribution >= 4 is 17.3 Å². The van der Waals surface area contributed by atoms with Crippen LogP contribution in [0.15, 0.2) is 21.8 Å². The maximum Gasteiger partial charge on any atom is 0.191 e. The molecule has 0 amide bonds. The molecule has 148 valence electrons. The van der Waals surface area contributed by atoms with E-state index in [0.29, 0.717) is 12.0 Å². The number of piperidine rings is 1. The molecule has 1 saturated heterocycles. The molecule has 0 radical (unpaired) electrons. The van der Waals surface area contributed by atoms with E-state index in [2.05, 4.69) is 46.2 Å². The Morgan fingerprint density at radius 1 is 1.35 bits per heavy atom. The van der Waals surface area contributed by atoms with Crippen molar-refractivity contribution in [2.24, 2.45) is 10.9 Å². The zero-order chi connectivity index (χ0) is 18.6. The van der Waals surface area contributed by atoms with Crippen molar-refractivity contribution in [3.63, 3.8) is 0 Å². The Hall–Kier alpha value is -1.11. The van der Waals surface area contributed by atoms with Crippen LogP contribution in [0.2, 0.25) is 0 Å². The fourth-order valence-corrected chi connectivity index (χ4v) is 4.19. The van der Waals surface area contributed by atoms with Gasteiger partial charge in [0.05, 0.1) is 0 Å². The Bertz CT molecular complexity index is 492. The molecule has 1 aromatic heterocycles. The molecule has 6 heteroatoms. The van der Waals surface area contributed by atoms with Gasteiger partial charge in [-0.2, -0.15) is 11.3 Å². The molecule has 0 aromatic carbocycles. The van der Waals surface area contributed by atoms with Crippen molar-refractivity contribution in [3.05, 3.63) is 22.4 Å². The zero-order valence-electron chi connectivity index (χ0n) is 16.4. The fraction of sp³-hybridized carbons (Fsp3) is 0.750. The van der Waals surface area contributed by atoms with Crippen LogP contribution in [0.1, 0.15) is 51.5 Å². The molecule has 26 heavy (non-hydrogen) atoms. The average molecular weight is 381 g/mol. The minimum Gasteiger partial charge on any atom is -0.396 e. The lowest BCUT2D eigenvalue weighted by atomic mass is 10.0. The standard InChI is InChI=1S/C20H36N4OS/c1-3-5-17(8-12-25)14-22-20(21-4-2)23-19-6-10-24(11-7-19)15-18-9-13-26-16-18/h9,13,16-17,19,25H,3-8,10-12,14-15H2,1-2H3,(H2,21,22,23). The summed E-state index contributed by atoms with van der Waals surface area (Å²) in [7, 11) is 0. The van der Waals surface area contributed by atoms with Gasteiger partial charge in [-0.1, -0.05) is 13.3 Å². The molecule has 2 heterocycles. The fourth-order valence-electron chi connectivity index (χ4n) is 3.53. The van der Waals surface area contributed by atoms with E-state index in [9.17, 15) is 5.11 Å². The second-order valence-electron chi connectivity index (χ2n) is 7.21. The number of nitrogens with one attached hydrogen (secondary N) is 2. The summed E-state index contributed by atoms with van der Waals surface area (Å²) < 4.78 is 0. The summed E-state index contributed by atoms with van der Waals surface area (Å²) in [4.78, 5) is 7.34. The average Bonchev–Trinajstić information content (AvgIpc) is 3.15. The normalized spacial score (nSPS) is 18.0. The SMILES string of the molecule is CCCC(CCO)CN=C(NCC)NC1CCN(Cc2ccsc2)CC1. The summed E-state index contributed by atoms with van der Waals surface area (Å²) in [6, 6.07) is 2.72. The highest BCUT2D eigenvalue weighted by Gasteiger charge is 2.20. The van der Waals surface area contributed by atoms with Crippen LogP contribution in [0.4, 0.5) is 0 Å². The van der Waals surface area contributed by atoms with E-state index in [1.807, 2.05) is 0 Å². The Morgan fingerprint density at radius 3 is 2.77 bits per heavy atom. The van der Waals surface area contributed by atoms with E-state index >= 15 is 0 Å². The molecule has 0 saturated carbocycles. The largest absolute Gasteiger partial charge is 0.396 e. The van der Waals surface area contributed by atoms with Gasteiger partial charge in [0.1, 0.15) is 0 Å². The number of hydrogen-bond acceptors (Lipinski definition) is 4. The van der Waals surface area contributed by atoms with E-state index in [4.69, 9.17) is 4.99 Å². The molecule has 0 spiro atoms. The van der Waals surface area contributed by atoms with Crippen LogP contribution in [-0.2, 0) is 6.54 Å². The summed E-state index contributed by atoms with van der Waals surface area (Å²) in [6.07, 6.45) is 5.43. The third kappa shape index (κ3) is 7.64. The Morgan fingerprint density at radius 2 is 2.15 bits per heavy atom. The molecule has 1 unspecified atom stereocenters. The van der Waals surface area contributed by atoms with Crippen LogP contribution in [0, 0.1) is 5.92 Å². The van der Waals surface area contributed by atoms with Gasteiger partial charge in [0.2, 0.25) is 0 Å². The van der Waals surface area contributed by atoms with Gasteiger partial charge >= 0.3 is 0 Å². The van der Waals surface area contributed by atoms with Gasteiger partial charge in [0.25, 0.3) is 0 Å². The van der Waals surface area contributed by atoms with Gasteiger partial charge in [-0.15, -0.1) is 0 Å². The van der Waals surface area contributed by atoms with Crippen LogP contribution in [0.5, 0.6) is 0 Å². The number of guanidine groups is 1. The number of aliphatic hydroxyl groups excluding tert-OH is 1. The van der Waals surface area contributed by atoms with Gasteiger partial charge < -0.3 is 15.7 Å². The monoisotopic (exact) mass is 380 g/mol. The smallest absolute Gasteiger partial charge is 0.191 e. The number of rotatable bonds is 10. The van der Waals surface area contributed by atoms with Crippen molar-refractivity contribution in [2.45, 2.75) is 58.5 Å². The number of thiophene rings is 1. The number of aliphatic hydroxyl groups is 1. The van der Waals surface area contributed by atoms with Gasteiger partial charge in [-0.05, 0) is 60.9 Å². The lowest BCUT2D eigenvalue weighted by molar-refractivity contribution is 0.198. The first-order valence-electron chi connectivity index (χ1n) is 10.1. The van der Waals surface area contributed by atoms with Gasteiger partial charge in [0.15, 0.2) is 5.96 Å². The quantitative estimate of drug-likeness (QED) is 0.431. The molecule has 3 N–H and O–H groups in total. The van der Waals surface area contributed by atoms with Crippen molar-refractivity contribution in [3.8, 4) is 0 Å². The van der Waals surface area contributed by atoms with Crippen LogP contribution in [-0.4, -0.2) is 54.8 Å². The highest BCUT2D eigenvalue weighted by molar-refractivity contribution is 7.07. The molecular formula is C20H36N4OS. The molecule has 5 nitrogen and oxygen atoms in total. The number of nitrogens with zero attached hydrogens (tertiary/aromatic N) is 2. The summed E-state index contributed by atoms with van der Waals surface area (Å²) in [5.74, 6) is 1.41. The van der Waals surface area contributed by atoms with E-state index in [1.54, 1.807) is 11.3 Å². The zero-order valence-corrected chi connectivity index (χ0v) is 17.2. The number of aliphatic imine (C=N–C) groups is 1. The number of hydrogen-bond donors (Lipinski definition) is 3. The molecule has 1 aliphatic rings. The third-order valence-electron chi connectivity index (χ3n) is 5.00. The predicted molar refractivity (Wildman–Crippen MR) is 112 cm³/mol. The minimum atomic E-state index is 0.257.